The Kier molecular flexibility index (Phi) is 8.24. The van der Waals surface area contributed by atoms with Crippen molar-refractivity contribution in [1.82, 2.24) is 0 Å². The first-order valence-electron chi connectivity index (χ1n) is 1.83. The molecule has 6 nitrogen and oxygen atoms in total. The van der Waals surface area contributed by atoms with Gasteiger partial charge >= 0.3 is 31.1 Å². The molecule has 0 saturated heterocycles. The molecule has 0 fully saturated rings. The van der Waals surface area contributed by atoms with E-state index in [1.165, 1.54) is 0 Å². The molecule has 0 aliphatic carbocycles. The second-order valence-corrected chi connectivity index (χ2v) is 3.10. The van der Waals surface area contributed by atoms with Crippen LogP contribution in [0.5, 0.6) is 0 Å². The quantitative estimate of drug-likeness (QED) is 0.369. The minimum absolute atomic E-state index is 0.125. The Morgan fingerprint density at radius 2 is 1.11 bits per heavy atom. The number of hydrogen-bond donors (Lipinski definition) is 4. The van der Waals surface area contributed by atoms with Gasteiger partial charge in [0.15, 0.2) is 0 Å². The van der Waals surface area contributed by atoms with Crippen LogP contribution in [0.3, 0.4) is 0 Å². The summed E-state index contributed by atoms with van der Waals surface area (Å²) < 4.78 is 32.0. The van der Waals surface area contributed by atoms with Crippen molar-refractivity contribution >= 4 is 0 Å². The van der Waals surface area contributed by atoms with Crippen molar-refractivity contribution in [3.63, 3.8) is 0 Å². The van der Waals surface area contributed by atoms with Crippen molar-refractivity contribution in [3.8, 4) is 0 Å². The first kappa shape index (κ1) is 11.9. The summed E-state index contributed by atoms with van der Waals surface area (Å²) in [6.07, 6.45) is 0. The Balaban J connectivity index is 0. The van der Waals surface area contributed by atoms with Gasteiger partial charge in [-0.15, -0.1) is 0 Å². The second kappa shape index (κ2) is 6.25. The summed E-state index contributed by atoms with van der Waals surface area (Å²) in [5.74, 6) is 0. The summed E-state index contributed by atoms with van der Waals surface area (Å²) in [6, 6.07) is 0. The molecule has 0 aromatic heterocycles. The van der Waals surface area contributed by atoms with Crippen molar-refractivity contribution < 1.29 is 41.3 Å². The second-order valence-electron chi connectivity index (χ2n) is 0.895. The summed E-state index contributed by atoms with van der Waals surface area (Å²) in [5, 5.41) is 15.2. The average molecular weight is 224 g/mol. The minimum atomic E-state index is -5.52. The Hall–Kier alpha value is 0.128. The van der Waals surface area contributed by atoms with Crippen LogP contribution in [0.15, 0.2) is 0 Å². The topological polar surface area (TPSA) is 115 Å². The van der Waals surface area contributed by atoms with Gasteiger partial charge in [-0.05, 0) is 0 Å². The summed E-state index contributed by atoms with van der Waals surface area (Å²) in [6.45, 7) is -0.250. The predicted molar refractivity (Wildman–Crippen MR) is 20.0 cm³/mol. The Morgan fingerprint density at radius 1 is 1.00 bits per heavy atom. The molecule has 4 N–H and O–H groups in total. The molecule has 9 heavy (non-hydrogen) atoms. The van der Waals surface area contributed by atoms with Crippen LogP contribution in [0.1, 0.15) is 0 Å². The fourth-order valence-corrected chi connectivity index (χ4v) is 0. The molecule has 0 spiro atoms. The molecule has 0 atom stereocenters. The molecule has 0 saturated carbocycles. The summed E-state index contributed by atoms with van der Waals surface area (Å²) in [4.78, 5) is 0. The molecule has 0 rings (SSSR count). The van der Waals surface area contributed by atoms with Gasteiger partial charge in [0.1, 0.15) is 0 Å². The van der Waals surface area contributed by atoms with E-state index in [1.807, 2.05) is 0 Å². The molecule has 0 aromatic carbocycles. The van der Waals surface area contributed by atoms with Crippen molar-refractivity contribution in [2.24, 2.45) is 0 Å². The van der Waals surface area contributed by atoms with Crippen LogP contribution in [-0.2, 0) is 23.5 Å². The molecule has 58 valence electrons. The molecular weight excluding hydrogens is 216 g/mol. The van der Waals surface area contributed by atoms with E-state index in [0.717, 1.165) is 0 Å². The van der Waals surface area contributed by atoms with Crippen molar-refractivity contribution in [2.75, 3.05) is 13.2 Å². The first-order valence-corrected chi connectivity index (χ1v) is 5.26. The molecule has 0 aliphatic rings. The average Bonchev–Trinajstić information content (AvgIpc) is 1.61. The third-order valence-electron chi connectivity index (χ3n) is 0.1000. The van der Waals surface area contributed by atoms with Crippen LogP contribution in [0.4, 0.5) is 0 Å². The third-order valence-corrected chi connectivity index (χ3v) is 0.1000. The van der Waals surface area contributed by atoms with E-state index >= 15 is 0 Å². The van der Waals surface area contributed by atoms with Gasteiger partial charge in [-0.2, -0.15) is 0 Å². The molecular formula is C2H8MoO6. The van der Waals surface area contributed by atoms with Gasteiger partial charge in [-0.25, -0.2) is 0 Å². The van der Waals surface area contributed by atoms with Crippen LogP contribution in [0.2, 0.25) is 0 Å². The summed E-state index contributed by atoms with van der Waals surface area (Å²) in [7, 11) is 0. The molecule has 0 heterocycles. The van der Waals surface area contributed by atoms with Crippen LogP contribution < -0.4 is 0 Å². The summed E-state index contributed by atoms with van der Waals surface area (Å²) in [5.41, 5.74) is 0. The maximum absolute atomic E-state index is 8.85. The van der Waals surface area contributed by atoms with E-state index in [9.17, 15) is 0 Å². The van der Waals surface area contributed by atoms with Crippen molar-refractivity contribution in [2.45, 2.75) is 0 Å². The monoisotopic (exact) mass is 226 g/mol. The Labute approximate surface area is 55.1 Å². The zero-order chi connectivity index (χ0) is 7.91. The van der Waals surface area contributed by atoms with Gasteiger partial charge in [-0.3, -0.25) is 0 Å². The Bertz CT molecular complexity index is 114. The molecule has 0 aliphatic heterocycles. The van der Waals surface area contributed by atoms with Gasteiger partial charge < -0.3 is 10.2 Å². The SMILES string of the molecule is OCCO.[O]=[Mo](=[O])([OH])[OH]. The standard InChI is InChI=1S/C2H6O2.Mo.2H2O.2O/c3-1-2-4;;;;;/h3-4H,1-2H2;;2*1H2;;/q;+2;;;;/p-2. The zero-order valence-electron chi connectivity index (χ0n) is 4.43. The summed E-state index contributed by atoms with van der Waals surface area (Å²) >= 11 is -5.52. The van der Waals surface area contributed by atoms with E-state index < -0.39 is 16.7 Å². The van der Waals surface area contributed by atoms with Gasteiger partial charge in [-0.1, -0.05) is 0 Å². The number of aliphatic hydroxyl groups excluding tert-OH is 2. The normalized spacial score (nSPS) is 9.78. The Morgan fingerprint density at radius 3 is 1.11 bits per heavy atom. The molecule has 0 aromatic rings. The maximum atomic E-state index is 8.85. The van der Waals surface area contributed by atoms with Crippen LogP contribution >= 0.6 is 0 Å². The van der Waals surface area contributed by atoms with E-state index in [4.69, 9.17) is 24.5 Å². The molecule has 0 radical (unpaired) electrons. The van der Waals surface area contributed by atoms with E-state index in [2.05, 4.69) is 0 Å². The number of aliphatic hydroxyl groups is 2. The third kappa shape index (κ3) is 240. The van der Waals surface area contributed by atoms with Crippen LogP contribution in [0, 0.1) is 0 Å². The molecule has 0 bridgehead atoms. The fraction of sp³-hybridized carbons (Fsp3) is 1.00. The number of hydrogen-bond acceptors (Lipinski definition) is 4. The zero-order valence-corrected chi connectivity index (χ0v) is 6.43. The van der Waals surface area contributed by atoms with Gasteiger partial charge in [0.05, 0.1) is 13.2 Å². The van der Waals surface area contributed by atoms with Gasteiger partial charge in [0, 0.05) is 0 Å². The molecule has 7 heteroatoms. The fourth-order valence-electron chi connectivity index (χ4n) is 0. The van der Waals surface area contributed by atoms with Gasteiger partial charge in [0.25, 0.3) is 0 Å². The van der Waals surface area contributed by atoms with E-state index in [-0.39, 0.29) is 13.2 Å². The van der Waals surface area contributed by atoms with E-state index in [1.54, 1.807) is 0 Å². The molecule has 0 unspecified atom stereocenters. The predicted octanol–water partition coefficient (Wildman–Crippen LogP) is -2.38. The van der Waals surface area contributed by atoms with E-state index in [0.29, 0.717) is 0 Å². The first-order chi connectivity index (χ1) is 3.91. The van der Waals surface area contributed by atoms with Crippen LogP contribution in [0.25, 0.3) is 0 Å². The van der Waals surface area contributed by atoms with Gasteiger partial charge in [0.2, 0.25) is 0 Å². The number of rotatable bonds is 1. The molecule has 0 amide bonds. The van der Waals surface area contributed by atoms with Crippen molar-refractivity contribution in [3.05, 3.63) is 0 Å². The van der Waals surface area contributed by atoms with Crippen molar-refractivity contribution in [1.29, 1.82) is 0 Å². The van der Waals surface area contributed by atoms with Crippen LogP contribution in [-0.4, -0.2) is 30.9 Å².